The summed E-state index contributed by atoms with van der Waals surface area (Å²) in [5, 5.41) is 3.48. The van der Waals surface area contributed by atoms with Crippen LogP contribution in [-0.2, 0) is 9.31 Å². The van der Waals surface area contributed by atoms with Crippen LogP contribution >= 0.6 is 11.3 Å². The number of hydrogen-bond acceptors (Lipinski definition) is 5. The van der Waals surface area contributed by atoms with Crippen molar-refractivity contribution in [1.82, 2.24) is 15.3 Å². The average Bonchev–Trinajstić information content (AvgIpc) is 3.26. The van der Waals surface area contributed by atoms with Crippen molar-refractivity contribution >= 4 is 23.2 Å². The number of hydrogen-bond donors (Lipinski definition) is 2. The molecule has 2 aliphatic rings. The molecule has 0 aliphatic carbocycles. The second-order valence-corrected chi connectivity index (χ2v) is 8.74. The fourth-order valence-electron chi connectivity index (χ4n) is 3.14. The van der Waals surface area contributed by atoms with Crippen LogP contribution in [0.25, 0.3) is 10.6 Å². The average molecular weight is 345 g/mol. The molecule has 2 saturated heterocycles. The van der Waals surface area contributed by atoms with Gasteiger partial charge in [-0.15, -0.1) is 11.3 Å². The van der Waals surface area contributed by atoms with Crippen molar-refractivity contribution in [2.24, 2.45) is 0 Å². The lowest BCUT2D eigenvalue weighted by molar-refractivity contribution is 0.00578. The van der Waals surface area contributed by atoms with E-state index in [0.29, 0.717) is 6.04 Å². The Bertz CT molecular complexity index is 718. The molecule has 24 heavy (non-hydrogen) atoms. The molecule has 2 aliphatic heterocycles. The number of H-pyrrole nitrogens is 1. The zero-order chi connectivity index (χ0) is 16.9. The number of rotatable bonds is 3. The van der Waals surface area contributed by atoms with Crippen LogP contribution in [0, 0.1) is 0 Å². The van der Waals surface area contributed by atoms with Crippen LogP contribution in [0.5, 0.6) is 0 Å². The SMILES string of the molecule is CC1(C)OB(c2ccc(-c3cnc([C@H]4CCCN4)[nH]3)s2)OC1(C)C. The second-order valence-electron chi connectivity index (χ2n) is 7.62. The molecule has 2 aromatic rings. The molecule has 7 heteroatoms. The fraction of sp³-hybridized carbons (Fsp3) is 0.588. The van der Waals surface area contributed by atoms with Gasteiger partial charge in [0.1, 0.15) is 5.82 Å². The normalized spacial score (nSPS) is 25.5. The lowest BCUT2D eigenvalue weighted by atomic mass is 9.88. The minimum Gasteiger partial charge on any atom is -0.399 e. The van der Waals surface area contributed by atoms with Crippen LogP contribution in [0.15, 0.2) is 18.3 Å². The number of nitrogens with zero attached hydrogens (tertiary/aromatic N) is 1. The molecule has 128 valence electrons. The highest BCUT2D eigenvalue weighted by molar-refractivity contribution is 7.25. The fourth-order valence-corrected chi connectivity index (χ4v) is 4.07. The predicted octanol–water partition coefficient (Wildman–Crippen LogP) is 2.86. The molecular formula is C17H24BN3O2S. The molecule has 5 nitrogen and oxygen atoms in total. The van der Waals surface area contributed by atoms with E-state index < -0.39 is 0 Å². The summed E-state index contributed by atoms with van der Waals surface area (Å²) >= 11 is 1.70. The van der Waals surface area contributed by atoms with E-state index in [4.69, 9.17) is 9.31 Å². The van der Waals surface area contributed by atoms with Gasteiger partial charge in [-0.25, -0.2) is 4.98 Å². The van der Waals surface area contributed by atoms with Gasteiger partial charge in [-0.3, -0.25) is 0 Å². The molecule has 0 aromatic carbocycles. The third-order valence-corrected chi connectivity index (χ3v) is 6.50. The van der Waals surface area contributed by atoms with Crippen LogP contribution in [0.4, 0.5) is 0 Å². The van der Waals surface area contributed by atoms with E-state index in [0.717, 1.165) is 34.1 Å². The van der Waals surface area contributed by atoms with E-state index in [2.05, 4.69) is 55.1 Å². The summed E-state index contributed by atoms with van der Waals surface area (Å²) in [6.07, 6.45) is 4.29. The summed E-state index contributed by atoms with van der Waals surface area (Å²) in [5.74, 6) is 1.04. The Morgan fingerprint density at radius 3 is 2.62 bits per heavy atom. The number of thiophene rings is 1. The van der Waals surface area contributed by atoms with Crippen molar-refractivity contribution in [2.45, 2.75) is 57.8 Å². The van der Waals surface area contributed by atoms with Gasteiger partial charge in [0.15, 0.2) is 0 Å². The molecule has 4 rings (SSSR count). The van der Waals surface area contributed by atoms with Gasteiger partial charge in [0.2, 0.25) is 0 Å². The van der Waals surface area contributed by atoms with E-state index in [1.165, 1.54) is 6.42 Å². The Morgan fingerprint density at radius 1 is 1.21 bits per heavy atom. The molecule has 0 radical (unpaired) electrons. The monoisotopic (exact) mass is 345 g/mol. The van der Waals surface area contributed by atoms with Crippen LogP contribution in [0.1, 0.15) is 52.4 Å². The first-order valence-electron chi connectivity index (χ1n) is 8.60. The maximum Gasteiger partial charge on any atom is 0.505 e. The summed E-state index contributed by atoms with van der Waals surface area (Å²) in [6.45, 7) is 9.40. The van der Waals surface area contributed by atoms with Gasteiger partial charge in [-0.1, -0.05) is 6.07 Å². The summed E-state index contributed by atoms with van der Waals surface area (Å²) in [4.78, 5) is 9.18. The number of aromatic nitrogens is 2. The molecular weight excluding hydrogens is 321 g/mol. The van der Waals surface area contributed by atoms with Crippen molar-refractivity contribution in [3.8, 4) is 10.6 Å². The number of nitrogens with one attached hydrogen (secondary N) is 2. The van der Waals surface area contributed by atoms with Crippen LogP contribution in [0.2, 0.25) is 0 Å². The minimum atomic E-state index is -0.308. The Balaban J connectivity index is 1.53. The van der Waals surface area contributed by atoms with Gasteiger partial charge in [0.25, 0.3) is 0 Å². The van der Waals surface area contributed by atoms with E-state index in [-0.39, 0.29) is 18.3 Å². The summed E-state index contributed by atoms with van der Waals surface area (Å²) in [7, 11) is -0.298. The van der Waals surface area contributed by atoms with Gasteiger partial charge < -0.3 is 19.6 Å². The molecule has 0 unspecified atom stereocenters. The molecule has 0 amide bonds. The van der Waals surface area contributed by atoms with E-state index >= 15 is 0 Å². The summed E-state index contributed by atoms with van der Waals surface area (Å²) in [5.41, 5.74) is 0.445. The quantitative estimate of drug-likeness (QED) is 0.840. The van der Waals surface area contributed by atoms with Crippen molar-refractivity contribution < 1.29 is 9.31 Å². The summed E-state index contributed by atoms with van der Waals surface area (Å²) < 4.78 is 13.4. The first-order chi connectivity index (χ1) is 11.4. The number of imidazole rings is 1. The minimum absolute atomic E-state index is 0.298. The first kappa shape index (κ1) is 16.3. The highest BCUT2D eigenvalue weighted by Gasteiger charge is 2.52. The van der Waals surface area contributed by atoms with Crippen molar-refractivity contribution in [2.75, 3.05) is 6.54 Å². The Kier molecular flexibility index (Phi) is 3.87. The molecule has 2 aromatic heterocycles. The van der Waals surface area contributed by atoms with Crippen LogP contribution in [-0.4, -0.2) is 34.8 Å². The topological polar surface area (TPSA) is 59.2 Å². The first-order valence-corrected chi connectivity index (χ1v) is 9.41. The Hall–Kier alpha value is -1.15. The van der Waals surface area contributed by atoms with Gasteiger partial charge >= 0.3 is 7.12 Å². The maximum absolute atomic E-state index is 6.14. The van der Waals surface area contributed by atoms with Crippen LogP contribution < -0.4 is 10.1 Å². The predicted molar refractivity (Wildman–Crippen MR) is 97.6 cm³/mol. The van der Waals surface area contributed by atoms with Crippen molar-refractivity contribution in [3.63, 3.8) is 0 Å². The third kappa shape index (κ3) is 2.73. The van der Waals surface area contributed by atoms with Crippen molar-refractivity contribution in [3.05, 3.63) is 24.2 Å². The highest BCUT2D eigenvalue weighted by atomic mass is 32.1. The summed E-state index contributed by atoms with van der Waals surface area (Å²) in [6, 6.07) is 4.57. The van der Waals surface area contributed by atoms with E-state index in [1.807, 2.05) is 6.20 Å². The molecule has 4 heterocycles. The lowest BCUT2D eigenvalue weighted by Crippen LogP contribution is -2.41. The van der Waals surface area contributed by atoms with Gasteiger partial charge in [0.05, 0.1) is 34.0 Å². The maximum atomic E-state index is 6.14. The molecule has 1 atom stereocenters. The molecule has 0 saturated carbocycles. The van der Waals surface area contributed by atoms with Gasteiger partial charge in [-0.2, -0.15) is 0 Å². The zero-order valence-corrected chi connectivity index (χ0v) is 15.5. The lowest BCUT2D eigenvalue weighted by Gasteiger charge is -2.32. The largest absolute Gasteiger partial charge is 0.505 e. The Morgan fingerprint density at radius 2 is 1.96 bits per heavy atom. The van der Waals surface area contributed by atoms with Gasteiger partial charge in [-0.05, 0) is 53.1 Å². The standard InChI is InChI=1S/C17H24BN3O2S/c1-16(2)17(3,4)23-18(22-16)14-8-7-13(24-14)12-10-20-15(21-12)11-6-5-9-19-11/h7-8,10-11,19H,5-6,9H2,1-4H3,(H,20,21)/t11-/m1/s1. The third-order valence-electron chi connectivity index (χ3n) is 5.36. The zero-order valence-electron chi connectivity index (χ0n) is 14.7. The number of aromatic amines is 1. The highest BCUT2D eigenvalue weighted by Crippen LogP contribution is 2.37. The van der Waals surface area contributed by atoms with E-state index in [1.54, 1.807) is 11.3 Å². The second kappa shape index (κ2) is 5.69. The van der Waals surface area contributed by atoms with Crippen molar-refractivity contribution in [1.29, 1.82) is 0 Å². The molecule has 2 N–H and O–H groups in total. The Labute approximate surface area is 147 Å². The molecule has 2 fully saturated rings. The molecule has 0 spiro atoms. The molecule has 0 bridgehead atoms. The van der Waals surface area contributed by atoms with Crippen LogP contribution in [0.3, 0.4) is 0 Å². The van der Waals surface area contributed by atoms with Gasteiger partial charge in [0, 0.05) is 4.78 Å². The smallest absolute Gasteiger partial charge is 0.399 e. The van der Waals surface area contributed by atoms with E-state index in [9.17, 15) is 0 Å².